The van der Waals surface area contributed by atoms with Crippen molar-refractivity contribution in [1.82, 2.24) is 9.97 Å². The van der Waals surface area contributed by atoms with Crippen molar-refractivity contribution in [2.45, 2.75) is 38.6 Å². The van der Waals surface area contributed by atoms with E-state index in [-0.39, 0.29) is 11.7 Å². The average molecular weight is 383 g/mol. The summed E-state index contributed by atoms with van der Waals surface area (Å²) >= 11 is 0. The molecular formula is C21H26FN5O. The molecule has 1 aliphatic heterocycles. The lowest BCUT2D eigenvalue weighted by Gasteiger charge is -2.24. The monoisotopic (exact) mass is 383 g/mol. The highest BCUT2D eigenvalue weighted by Gasteiger charge is 2.15. The summed E-state index contributed by atoms with van der Waals surface area (Å²) in [6.45, 7) is 3.54. The van der Waals surface area contributed by atoms with Crippen LogP contribution >= 0.6 is 0 Å². The van der Waals surface area contributed by atoms with Crippen LogP contribution in [0.3, 0.4) is 0 Å². The molecule has 0 aromatic carbocycles. The molecule has 148 valence electrons. The van der Waals surface area contributed by atoms with Crippen LogP contribution in [0.5, 0.6) is 0 Å². The molecule has 0 aliphatic carbocycles. The number of nitrogens with zero attached hydrogens (tertiary/aromatic N) is 3. The maximum absolute atomic E-state index is 14.6. The van der Waals surface area contributed by atoms with Crippen LogP contribution in [0.1, 0.15) is 37.6 Å². The number of aryl methyl sites for hydroxylation is 1. The smallest absolute Gasteiger partial charge is 0.151 e. The number of allylic oxidation sites excluding steroid dienone is 1. The minimum atomic E-state index is -0.443. The van der Waals surface area contributed by atoms with Gasteiger partial charge < -0.3 is 15.8 Å². The number of aromatic nitrogens is 2. The summed E-state index contributed by atoms with van der Waals surface area (Å²) in [6, 6.07) is 5.43. The number of aliphatic imine (C=N–C) groups is 1. The first-order valence-corrected chi connectivity index (χ1v) is 9.60. The van der Waals surface area contributed by atoms with E-state index in [2.05, 4.69) is 27.2 Å². The molecule has 3 N–H and O–H groups in total. The van der Waals surface area contributed by atoms with E-state index in [0.717, 1.165) is 50.3 Å². The van der Waals surface area contributed by atoms with Gasteiger partial charge in [0.1, 0.15) is 5.69 Å². The predicted molar refractivity (Wildman–Crippen MR) is 110 cm³/mol. The fraction of sp³-hybridized carbons (Fsp3) is 0.381. The molecule has 1 aliphatic rings. The molecule has 3 heterocycles. The van der Waals surface area contributed by atoms with E-state index in [0.29, 0.717) is 11.3 Å². The molecule has 0 atom stereocenters. The van der Waals surface area contributed by atoms with Crippen molar-refractivity contribution in [2.75, 3.05) is 18.5 Å². The summed E-state index contributed by atoms with van der Waals surface area (Å²) in [4.78, 5) is 13.0. The molecule has 0 spiro atoms. The van der Waals surface area contributed by atoms with Crippen LogP contribution in [0.2, 0.25) is 0 Å². The van der Waals surface area contributed by atoms with Gasteiger partial charge in [0.05, 0.1) is 17.6 Å². The molecule has 2 aromatic rings. The number of nitrogens with two attached hydrogens (primary N) is 1. The number of anilines is 1. The first kappa shape index (κ1) is 19.9. The Bertz CT molecular complexity index is 846. The van der Waals surface area contributed by atoms with Crippen molar-refractivity contribution in [3.63, 3.8) is 0 Å². The largest absolute Gasteiger partial charge is 0.404 e. The second-order valence-electron chi connectivity index (χ2n) is 6.72. The molecule has 6 nitrogen and oxygen atoms in total. The maximum atomic E-state index is 14.6. The van der Waals surface area contributed by atoms with Gasteiger partial charge in [-0.05, 0) is 31.4 Å². The fourth-order valence-electron chi connectivity index (χ4n) is 3.07. The highest BCUT2D eigenvalue weighted by molar-refractivity contribution is 6.09. The van der Waals surface area contributed by atoms with Crippen molar-refractivity contribution in [3.8, 4) is 0 Å². The summed E-state index contributed by atoms with van der Waals surface area (Å²) in [5.41, 5.74) is 8.67. The van der Waals surface area contributed by atoms with Crippen molar-refractivity contribution >= 4 is 23.2 Å². The van der Waals surface area contributed by atoms with E-state index in [1.54, 1.807) is 18.5 Å². The van der Waals surface area contributed by atoms with Gasteiger partial charge in [-0.25, -0.2) is 4.39 Å². The van der Waals surface area contributed by atoms with E-state index >= 15 is 0 Å². The first-order valence-electron chi connectivity index (χ1n) is 9.60. The summed E-state index contributed by atoms with van der Waals surface area (Å²) in [6.07, 6.45) is 9.89. The summed E-state index contributed by atoms with van der Waals surface area (Å²) in [7, 11) is 0. The van der Waals surface area contributed by atoms with E-state index in [1.807, 2.05) is 6.07 Å². The molecule has 0 bridgehead atoms. The maximum Gasteiger partial charge on any atom is 0.151 e. The number of hydrogen-bond acceptors (Lipinski definition) is 6. The SMILES string of the molecule is CCCc1cc(N=C/C(=C\N)c2ncc(NC3CCOCC3)cc2F)ccn1. The lowest BCUT2D eigenvalue weighted by atomic mass is 10.1. The molecular weight excluding hydrogens is 357 g/mol. The quantitative estimate of drug-likeness (QED) is 0.709. The lowest BCUT2D eigenvalue weighted by Crippen LogP contribution is -2.27. The molecule has 2 aromatic heterocycles. The molecule has 0 radical (unpaired) electrons. The van der Waals surface area contributed by atoms with E-state index in [1.165, 1.54) is 18.5 Å². The first-order chi connectivity index (χ1) is 13.7. The second-order valence-corrected chi connectivity index (χ2v) is 6.72. The number of rotatable bonds is 7. The Morgan fingerprint density at radius 1 is 1.36 bits per heavy atom. The summed E-state index contributed by atoms with van der Waals surface area (Å²) < 4.78 is 20.0. The highest BCUT2D eigenvalue weighted by atomic mass is 19.1. The normalized spacial score (nSPS) is 15.9. The van der Waals surface area contributed by atoms with Crippen LogP contribution in [0.25, 0.3) is 5.57 Å². The van der Waals surface area contributed by atoms with Gasteiger partial charge in [-0.2, -0.15) is 0 Å². The van der Waals surface area contributed by atoms with Gasteiger partial charge >= 0.3 is 0 Å². The van der Waals surface area contributed by atoms with Crippen LogP contribution in [0.15, 0.2) is 41.8 Å². The molecule has 0 saturated carbocycles. The summed E-state index contributed by atoms with van der Waals surface area (Å²) in [5.74, 6) is -0.443. The van der Waals surface area contributed by atoms with Crippen molar-refractivity contribution in [2.24, 2.45) is 10.7 Å². The Labute approximate surface area is 164 Å². The van der Waals surface area contributed by atoms with Crippen LogP contribution in [-0.4, -0.2) is 35.4 Å². The Morgan fingerprint density at radius 2 is 2.18 bits per heavy atom. The Balaban J connectivity index is 1.72. The minimum absolute atomic E-state index is 0.173. The van der Waals surface area contributed by atoms with Gasteiger partial charge in [-0.15, -0.1) is 0 Å². The van der Waals surface area contributed by atoms with Gasteiger partial charge in [0.2, 0.25) is 0 Å². The van der Waals surface area contributed by atoms with E-state index in [4.69, 9.17) is 10.5 Å². The number of halogens is 1. The Morgan fingerprint density at radius 3 is 2.89 bits per heavy atom. The van der Waals surface area contributed by atoms with Crippen LogP contribution in [0, 0.1) is 5.82 Å². The molecule has 7 heteroatoms. The van der Waals surface area contributed by atoms with Gasteiger partial charge in [-0.3, -0.25) is 15.0 Å². The second kappa shape index (κ2) is 9.94. The summed E-state index contributed by atoms with van der Waals surface area (Å²) in [5, 5.41) is 3.31. The predicted octanol–water partition coefficient (Wildman–Crippen LogP) is 3.86. The molecule has 3 rings (SSSR count). The van der Waals surface area contributed by atoms with Gasteiger partial charge in [0.25, 0.3) is 0 Å². The molecule has 1 fully saturated rings. The van der Waals surface area contributed by atoms with Gasteiger partial charge in [0.15, 0.2) is 5.82 Å². The average Bonchev–Trinajstić information content (AvgIpc) is 2.71. The van der Waals surface area contributed by atoms with Crippen LogP contribution < -0.4 is 11.1 Å². The number of nitrogens with one attached hydrogen (secondary N) is 1. The zero-order valence-electron chi connectivity index (χ0n) is 16.1. The third kappa shape index (κ3) is 5.36. The zero-order chi connectivity index (χ0) is 19.8. The molecule has 1 saturated heterocycles. The van der Waals surface area contributed by atoms with E-state index in [9.17, 15) is 4.39 Å². The van der Waals surface area contributed by atoms with Crippen molar-refractivity contribution in [3.05, 3.63) is 54.0 Å². The third-order valence-corrected chi connectivity index (χ3v) is 4.55. The number of hydrogen-bond donors (Lipinski definition) is 2. The topological polar surface area (TPSA) is 85.4 Å². The number of pyridine rings is 2. The van der Waals surface area contributed by atoms with E-state index < -0.39 is 5.82 Å². The fourth-order valence-corrected chi connectivity index (χ4v) is 3.07. The lowest BCUT2D eigenvalue weighted by molar-refractivity contribution is 0.0904. The molecule has 0 unspecified atom stereocenters. The van der Waals surface area contributed by atoms with Crippen LogP contribution in [-0.2, 0) is 11.2 Å². The Kier molecular flexibility index (Phi) is 7.08. The van der Waals surface area contributed by atoms with Gasteiger partial charge in [-0.1, -0.05) is 13.3 Å². The molecule has 0 amide bonds. The minimum Gasteiger partial charge on any atom is -0.404 e. The Hall–Kier alpha value is -2.80. The van der Waals surface area contributed by atoms with Crippen molar-refractivity contribution in [1.29, 1.82) is 0 Å². The zero-order valence-corrected chi connectivity index (χ0v) is 16.1. The van der Waals surface area contributed by atoms with Gasteiger partial charge in [0, 0.05) is 55.2 Å². The standard InChI is InChI=1S/C21H26FN5O/c1-2-3-17-10-18(4-7-24-17)25-13-15(12-23)21-20(22)11-19(14-26-21)27-16-5-8-28-9-6-16/h4,7,10-14,16,27H,2-3,5-6,8-9,23H2,1H3/b15-12+,25-13?. The third-order valence-electron chi connectivity index (χ3n) is 4.55. The van der Waals surface area contributed by atoms with Crippen molar-refractivity contribution < 1.29 is 9.13 Å². The van der Waals surface area contributed by atoms with Crippen LogP contribution in [0.4, 0.5) is 15.8 Å². The highest BCUT2D eigenvalue weighted by Crippen LogP contribution is 2.21. The number of ether oxygens (including phenoxy) is 1. The molecule has 28 heavy (non-hydrogen) atoms.